The van der Waals surface area contributed by atoms with E-state index in [4.69, 9.17) is 25.5 Å². The third-order valence-electron chi connectivity index (χ3n) is 1.42. The first-order chi connectivity index (χ1) is 5.54. The molecule has 0 aromatic rings. The molecule has 5 nitrogen and oxygen atoms in total. The maximum absolute atomic E-state index is 9.02. The van der Waals surface area contributed by atoms with Crippen LogP contribution in [0.25, 0.3) is 0 Å². The first-order valence-corrected chi connectivity index (χ1v) is 3.80. The average molecular weight is 196 g/mol. The first kappa shape index (κ1) is 11.9. The van der Waals surface area contributed by atoms with E-state index < -0.39 is 31.0 Å². The lowest BCUT2D eigenvalue weighted by molar-refractivity contribution is -0.0996. The number of rotatable bonds is 5. The van der Waals surface area contributed by atoms with Gasteiger partial charge >= 0.3 is 0 Å². The smallest absolute Gasteiger partial charge is 0.113 e. The molecule has 0 aliphatic rings. The Balaban J connectivity index is 4.07. The van der Waals surface area contributed by atoms with Gasteiger partial charge < -0.3 is 25.5 Å². The van der Waals surface area contributed by atoms with Crippen molar-refractivity contribution in [2.45, 2.75) is 24.4 Å². The number of thiocarbonyl (C=S) groups is 1. The third-order valence-corrected chi connectivity index (χ3v) is 1.70. The van der Waals surface area contributed by atoms with Crippen molar-refractivity contribution in [3.8, 4) is 0 Å². The van der Waals surface area contributed by atoms with Gasteiger partial charge in [-0.05, 0) is 0 Å². The Kier molecular flexibility index (Phi) is 5.47. The van der Waals surface area contributed by atoms with Crippen molar-refractivity contribution in [1.82, 2.24) is 0 Å². The summed E-state index contributed by atoms with van der Waals surface area (Å²) in [6, 6.07) is 0. The Morgan fingerprint density at radius 2 is 1.58 bits per heavy atom. The Bertz CT molecular complexity index is 142. The van der Waals surface area contributed by atoms with Gasteiger partial charge in [-0.15, -0.1) is 0 Å². The summed E-state index contributed by atoms with van der Waals surface area (Å²) in [4.78, 5) is 0. The Morgan fingerprint density at radius 3 is 1.92 bits per heavy atom. The van der Waals surface area contributed by atoms with Crippen LogP contribution in [0.15, 0.2) is 0 Å². The summed E-state index contributed by atoms with van der Waals surface area (Å²) >= 11 is 4.30. The van der Waals surface area contributed by atoms with Crippen LogP contribution in [0, 0.1) is 0 Å². The van der Waals surface area contributed by atoms with Crippen LogP contribution >= 0.6 is 12.2 Å². The molecule has 0 spiro atoms. The summed E-state index contributed by atoms with van der Waals surface area (Å²) in [6.07, 6.45) is -6.06. The number of hydrogen-bond acceptors (Lipinski definition) is 6. The van der Waals surface area contributed by atoms with E-state index in [1.807, 2.05) is 0 Å². The molecule has 0 aromatic heterocycles. The lowest BCUT2D eigenvalue weighted by atomic mass is 10.0. The van der Waals surface area contributed by atoms with Gasteiger partial charge in [-0.3, -0.25) is 0 Å². The molecule has 0 heterocycles. The summed E-state index contributed by atoms with van der Waals surface area (Å²) in [7, 11) is 0. The number of aliphatic hydroxyl groups excluding tert-OH is 5. The topological polar surface area (TPSA) is 101 Å². The second-order valence-corrected chi connectivity index (χ2v) is 2.63. The Morgan fingerprint density at radius 1 is 1.08 bits per heavy atom. The van der Waals surface area contributed by atoms with Crippen molar-refractivity contribution in [3.05, 3.63) is 0 Å². The molecule has 0 aliphatic heterocycles. The van der Waals surface area contributed by atoms with Crippen LogP contribution in [-0.2, 0) is 0 Å². The normalized spacial score (nSPS) is 21.1. The summed E-state index contributed by atoms with van der Waals surface area (Å²) in [5, 5.41) is 44.9. The highest BCUT2D eigenvalue weighted by atomic mass is 32.1. The second kappa shape index (κ2) is 5.52. The maximum atomic E-state index is 9.02. The highest BCUT2D eigenvalue weighted by Gasteiger charge is 2.28. The highest BCUT2D eigenvalue weighted by molar-refractivity contribution is 7.79. The van der Waals surface area contributed by atoms with E-state index in [1.54, 1.807) is 0 Å². The Labute approximate surface area is 74.9 Å². The standard InChI is InChI=1S/C6H12O5S/c7-1-3(8)5(10)6(11)4(9)2-12/h2-11H,1H2/t3-,4-,5-,6-/m1/s1. The first-order valence-electron chi connectivity index (χ1n) is 3.33. The fraction of sp³-hybridized carbons (Fsp3) is 0.833. The molecule has 0 rings (SSSR count). The summed E-state index contributed by atoms with van der Waals surface area (Å²) in [5.74, 6) is 0. The minimum Gasteiger partial charge on any atom is -0.394 e. The molecule has 0 radical (unpaired) electrons. The zero-order chi connectivity index (χ0) is 9.72. The van der Waals surface area contributed by atoms with Crippen LogP contribution in [0.2, 0.25) is 0 Å². The van der Waals surface area contributed by atoms with Crippen LogP contribution in [-0.4, -0.2) is 61.9 Å². The minimum atomic E-state index is -1.61. The largest absolute Gasteiger partial charge is 0.394 e. The fourth-order valence-electron chi connectivity index (χ4n) is 0.618. The molecule has 0 unspecified atom stereocenters. The van der Waals surface area contributed by atoms with Gasteiger partial charge in [0.1, 0.15) is 24.4 Å². The lowest BCUT2D eigenvalue weighted by Gasteiger charge is -2.23. The maximum Gasteiger partial charge on any atom is 0.113 e. The summed E-state index contributed by atoms with van der Waals surface area (Å²) in [5.41, 5.74) is 0. The fourth-order valence-corrected chi connectivity index (χ4v) is 0.779. The molecule has 6 heteroatoms. The van der Waals surface area contributed by atoms with Gasteiger partial charge in [0.25, 0.3) is 0 Å². The van der Waals surface area contributed by atoms with E-state index in [1.165, 1.54) is 0 Å². The second-order valence-electron chi connectivity index (χ2n) is 2.36. The average Bonchev–Trinajstić information content (AvgIpc) is 2.12. The molecule has 72 valence electrons. The van der Waals surface area contributed by atoms with Gasteiger partial charge in [-0.25, -0.2) is 0 Å². The monoisotopic (exact) mass is 196 g/mol. The third kappa shape index (κ3) is 3.10. The van der Waals surface area contributed by atoms with E-state index in [-0.39, 0.29) is 0 Å². The van der Waals surface area contributed by atoms with Crippen molar-refractivity contribution in [3.63, 3.8) is 0 Å². The van der Waals surface area contributed by atoms with Crippen LogP contribution in [0.3, 0.4) is 0 Å². The molecule has 5 N–H and O–H groups in total. The summed E-state index contributed by atoms with van der Waals surface area (Å²) in [6.45, 7) is -0.692. The predicted octanol–water partition coefficient (Wildman–Crippen LogP) is -2.58. The van der Waals surface area contributed by atoms with Crippen LogP contribution in [0.5, 0.6) is 0 Å². The molecular formula is C6H12O5S. The van der Waals surface area contributed by atoms with Gasteiger partial charge in [0.2, 0.25) is 0 Å². The lowest BCUT2D eigenvalue weighted by Crippen LogP contribution is -2.46. The van der Waals surface area contributed by atoms with Crippen molar-refractivity contribution in [1.29, 1.82) is 0 Å². The van der Waals surface area contributed by atoms with Gasteiger partial charge in [0.05, 0.1) is 6.61 Å². The molecule has 0 aliphatic carbocycles. The minimum absolute atomic E-state index is 0.692. The van der Waals surface area contributed by atoms with Crippen LogP contribution < -0.4 is 0 Å². The van der Waals surface area contributed by atoms with Gasteiger partial charge in [0, 0.05) is 5.37 Å². The quantitative estimate of drug-likeness (QED) is 0.310. The Hall–Kier alpha value is -0.110. The molecule has 12 heavy (non-hydrogen) atoms. The van der Waals surface area contributed by atoms with Crippen LogP contribution in [0.1, 0.15) is 0 Å². The highest BCUT2D eigenvalue weighted by Crippen LogP contribution is 2.03. The molecule has 0 saturated heterocycles. The van der Waals surface area contributed by atoms with Gasteiger partial charge in [-0.1, -0.05) is 12.2 Å². The molecule has 0 bridgehead atoms. The zero-order valence-corrected chi connectivity index (χ0v) is 7.05. The number of aliphatic hydroxyl groups is 5. The summed E-state index contributed by atoms with van der Waals surface area (Å²) < 4.78 is 0. The zero-order valence-electron chi connectivity index (χ0n) is 6.24. The van der Waals surface area contributed by atoms with E-state index in [0.717, 1.165) is 5.37 Å². The molecule has 4 atom stereocenters. The molecular weight excluding hydrogens is 184 g/mol. The van der Waals surface area contributed by atoms with Crippen molar-refractivity contribution < 1.29 is 25.5 Å². The van der Waals surface area contributed by atoms with Crippen molar-refractivity contribution >= 4 is 17.6 Å². The van der Waals surface area contributed by atoms with E-state index in [0.29, 0.717) is 0 Å². The molecule has 0 fully saturated rings. The predicted molar refractivity (Wildman–Crippen MR) is 44.8 cm³/mol. The van der Waals surface area contributed by atoms with Crippen LogP contribution in [0.4, 0.5) is 0 Å². The van der Waals surface area contributed by atoms with E-state index in [2.05, 4.69) is 12.2 Å². The number of hydrogen-bond donors (Lipinski definition) is 5. The SMILES string of the molecule is OC[C@@H](O)[C@@H](O)[C@H](O)[C@H](O)C=S. The van der Waals surface area contributed by atoms with Gasteiger partial charge in [-0.2, -0.15) is 0 Å². The molecule has 0 amide bonds. The molecule has 0 saturated carbocycles. The molecule has 0 aromatic carbocycles. The van der Waals surface area contributed by atoms with Gasteiger partial charge in [0.15, 0.2) is 0 Å². The van der Waals surface area contributed by atoms with E-state index in [9.17, 15) is 0 Å². The van der Waals surface area contributed by atoms with Crippen molar-refractivity contribution in [2.24, 2.45) is 0 Å². The van der Waals surface area contributed by atoms with E-state index >= 15 is 0 Å². The van der Waals surface area contributed by atoms with Crippen molar-refractivity contribution in [2.75, 3.05) is 6.61 Å².